The molecule has 1 aromatic carbocycles. The van der Waals surface area contributed by atoms with Crippen molar-refractivity contribution in [2.45, 2.75) is 11.4 Å². The maximum Gasteiger partial charge on any atom is 0.263 e. The molecule has 0 saturated heterocycles. The molecule has 0 bridgehead atoms. The van der Waals surface area contributed by atoms with Gasteiger partial charge in [0.1, 0.15) is 11.6 Å². The molecular formula is C10H11FN4O2S. The van der Waals surface area contributed by atoms with Crippen molar-refractivity contribution in [1.82, 2.24) is 10.2 Å². The fourth-order valence-corrected chi connectivity index (χ4v) is 2.47. The molecule has 1 heterocycles. The highest BCUT2D eigenvalue weighted by Crippen LogP contribution is 2.17. The van der Waals surface area contributed by atoms with E-state index in [0.29, 0.717) is 5.56 Å². The maximum absolute atomic E-state index is 13.0. The molecule has 0 atom stereocenters. The van der Waals surface area contributed by atoms with Crippen LogP contribution in [-0.4, -0.2) is 18.6 Å². The average molecular weight is 270 g/mol. The van der Waals surface area contributed by atoms with Gasteiger partial charge in [0.15, 0.2) is 0 Å². The van der Waals surface area contributed by atoms with Gasteiger partial charge in [-0.3, -0.25) is 9.82 Å². The molecule has 0 fully saturated rings. The van der Waals surface area contributed by atoms with Gasteiger partial charge in [-0.15, -0.1) is 0 Å². The fourth-order valence-electron chi connectivity index (χ4n) is 1.38. The molecule has 8 heteroatoms. The van der Waals surface area contributed by atoms with E-state index >= 15 is 0 Å². The van der Waals surface area contributed by atoms with Crippen LogP contribution in [0.1, 0.15) is 5.56 Å². The van der Waals surface area contributed by atoms with Crippen LogP contribution in [0.15, 0.2) is 35.4 Å². The Hall–Kier alpha value is -1.93. The number of hydrogen-bond acceptors (Lipinski definition) is 4. The van der Waals surface area contributed by atoms with Gasteiger partial charge in [0, 0.05) is 12.1 Å². The second-order valence-corrected chi connectivity index (χ2v) is 5.22. The quantitative estimate of drug-likeness (QED) is 0.765. The van der Waals surface area contributed by atoms with E-state index in [2.05, 4.69) is 14.9 Å². The smallest absolute Gasteiger partial charge is 0.263 e. The predicted molar refractivity (Wildman–Crippen MR) is 63.7 cm³/mol. The Kier molecular flexibility index (Phi) is 3.30. The molecule has 0 saturated carbocycles. The van der Waals surface area contributed by atoms with E-state index in [1.807, 2.05) is 0 Å². The molecule has 96 valence electrons. The number of hydrogen-bond donors (Lipinski definition) is 3. The van der Waals surface area contributed by atoms with E-state index < -0.39 is 15.8 Å². The highest BCUT2D eigenvalue weighted by Gasteiger charge is 2.17. The van der Waals surface area contributed by atoms with Crippen molar-refractivity contribution in [3.63, 3.8) is 0 Å². The summed E-state index contributed by atoms with van der Waals surface area (Å²) in [5.74, 6) is -0.441. The zero-order valence-corrected chi connectivity index (χ0v) is 10.0. The molecule has 6 nitrogen and oxygen atoms in total. The number of benzene rings is 1. The van der Waals surface area contributed by atoms with Crippen LogP contribution in [0.2, 0.25) is 0 Å². The van der Waals surface area contributed by atoms with Crippen molar-refractivity contribution in [3.8, 4) is 0 Å². The van der Waals surface area contributed by atoms with E-state index in [1.54, 1.807) is 0 Å². The monoisotopic (exact) mass is 270 g/mol. The minimum atomic E-state index is -3.86. The predicted octanol–water partition coefficient (Wildman–Crippen LogP) is 0.808. The van der Waals surface area contributed by atoms with E-state index in [4.69, 9.17) is 5.73 Å². The number of nitrogens with zero attached hydrogens (tertiary/aromatic N) is 1. The third-order valence-electron chi connectivity index (χ3n) is 2.28. The molecule has 0 aliphatic carbocycles. The van der Waals surface area contributed by atoms with Gasteiger partial charge in [-0.25, -0.2) is 12.8 Å². The third kappa shape index (κ3) is 2.49. The molecule has 0 aliphatic heterocycles. The number of anilines is 1. The number of sulfonamides is 1. The van der Waals surface area contributed by atoms with Crippen molar-refractivity contribution in [3.05, 3.63) is 41.8 Å². The Morgan fingerprint density at radius 3 is 2.89 bits per heavy atom. The lowest BCUT2D eigenvalue weighted by molar-refractivity contribution is 0.595. The molecule has 0 amide bonds. The minimum Gasteiger partial charge on any atom is -0.326 e. The van der Waals surface area contributed by atoms with Crippen LogP contribution in [0.25, 0.3) is 0 Å². The van der Waals surface area contributed by atoms with Crippen LogP contribution in [0.4, 0.5) is 10.2 Å². The number of nitrogens with two attached hydrogens (primary N) is 1. The highest BCUT2D eigenvalue weighted by atomic mass is 32.2. The van der Waals surface area contributed by atoms with Crippen molar-refractivity contribution >= 4 is 15.8 Å². The third-order valence-corrected chi connectivity index (χ3v) is 3.63. The lowest BCUT2D eigenvalue weighted by atomic mass is 10.3. The normalized spacial score (nSPS) is 11.4. The van der Waals surface area contributed by atoms with Gasteiger partial charge < -0.3 is 5.73 Å². The summed E-state index contributed by atoms with van der Waals surface area (Å²) in [5, 5.41) is 6.17. The molecule has 2 aromatic rings. The van der Waals surface area contributed by atoms with Gasteiger partial charge in [0.25, 0.3) is 10.0 Å². The zero-order valence-electron chi connectivity index (χ0n) is 9.22. The molecule has 0 spiro atoms. The second-order valence-electron chi connectivity index (χ2n) is 3.54. The Labute approximate surface area is 103 Å². The van der Waals surface area contributed by atoms with E-state index in [0.717, 1.165) is 6.07 Å². The summed E-state index contributed by atoms with van der Waals surface area (Å²) in [6.07, 6.45) is 1.42. The Balaban J connectivity index is 2.33. The summed E-state index contributed by atoms with van der Waals surface area (Å²) >= 11 is 0. The SMILES string of the molecule is NCc1cn[nH]c1NS(=O)(=O)c1cccc(F)c1. The van der Waals surface area contributed by atoms with Crippen molar-refractivity contribution in [1.29, 1.82) is 0 Å². The number of aromatic nitrogens is 2. The van der Waals surface area contributed by atoms with Crippen molar-refractivity contribution < 1.29 is 12.8 Å². The molecular weight excluding hydrogens is 259 g/mol. The maximum atomic E-state index is 13.0. The molecule has 0 unspecified atom stereocenters. The molecule has 2 rings (SSSR count). The standard InChI is InChI=1S/C10H11FN4O2S/c11-8-2-1-3-9(4-8)18(16,17)15-10-7(5-12)6-13-14-10/h1-4,6H,5,12H2,(H2,13,14,15). The minimum absolute atomic E-state index is 0.136. The van der Waals surface area contributed by atoms with E-state index in [1.165, 1.54) is 24.4 Å². The second kappa shape index (κ2) is 4.75. The van der Waals surface area contributed by atoms with Gasteiger partial charge >= 0.3 is 0 Å². The van der Waals surface area contributed by atoms with E-state index in [9.17, 15) is 12.8 Å². The topological polar surface area (TPSA) is 101 Å². The van der Waals surface area contributed by atoms with Crippen LogP contribution in [0.5, 0.6) is 0 Å². The fraction of sp³-hybridized carbons (Fsp3) is 0.100. The van der Waals surface area contributed by atoms with Gasteiger partial charge in [-0.05, 0) is 18.2 Å². The van der Waals surface area contributed by atoms with Crippen LogP contribution >= 0.6 is 0 Å². The molecule has 0 radical (unpaired) electrons. The largest absolute Gasteiger partial charge is 0.326 e. The van der Waals surface area contributed by atoms with Gasteiger partial charge in [0.05, 0.1) is 11.1 Å². The number of rotatable bonds is 4. The lowest BCUT2D eigenvalue weighted by Gasteiger charge is -2.07. The first-order chi connectivity index (χ1) is 8.53. The van der Waals surface area contributed by atoms with Crippen molar-refractivity contribution in [2.24, 2.45) is 5.73 Å². The van der Waals surface area contributed by atoms with Crippen LogP contribution in [0.3, 0.4) is 0 Å². The lowest BCUT2D eigenvalue weighted by Crippen LogP contribution is -2.15. The van der Waals surface area contributed by atoms with Crippen LogP contribution in [0, 0.1) is 5.82 Å². The first-order valence-electron chi connectivity index (χ1n) is 5.03. The first-order valence-corrected chi connectivity index (χ1v) is 6.52. The van der Waals surface area contributed by atoms with Gasteiger partial charge in [-0.2, -0.15) is 5.10 Å². The Morgan fingerprint density at radius 1 is 1.44 bits per heavy atom. The zero-order chi connectivity index (χ0) is 13.2. The summed E-state index contributed by atoms with van der Waals surface area (Å²) in [6, 6.07) is 4.71. The first kappa shape index (κ1) is 12.5. The van der Waals surface area contributed by atoms with Crippen LogP contribution in [-0.2, 0) is 16.6 Å². The number of nitrogens with one attached hydrogen (secondary N) is 2. The Morgan fingerprint density at radius 2 is 2.22 bits per heavy atom. The van der Waals surface area contributed by atoms with Crippen LogP contribution < -0.4 is 10.5 Å². The summed E-state index contributed by atoms with van der Waals surface area (Å²) in [7, 11) is -3.86. The van der Waals surface area contributed by atoms with E-state index in [-0.39, 0.29) is 17.3 Å². The highest BCUT2D eigenvalue weighted by molar-refractivity contribution is 7.92. The van der Waals surface area contributed by atoms with Crippen molar-refractivity contribution in [2.75, 3.05) is 4.72 Å². The summed E-state index contributed by atoms with van der Waals surface area (Å²) in [6.45, 7) is 0.136. The Bertz CT molecular complexity index is 653. The summed E-state index contributed by atoms with van der Waals surface area (Å²) in [5.41, 5.74) is 5.95. The molecule has 1 aromatic heterocycles. The molecule has 4 N–H and O–H groups in total. The summed E-state index contributed by atoms with van der Waals surface area (Å²) in [4.78, 5) is -0.167. The molecule has 18 heavy (non-hydrogen) atoms. The number of H-pyrrole nitrogens is 1. The average Bonchev–Trinajstić information content (AvgIpc) is 2.75. The van der Waals surface area contributed by atoms with Gasteiger partial charge in [0.2, 0.25) is 0 Å². The number of halogens is 1. The number of aromatic amines is 1. The van der Waals surface area contributed by atoms with Gasteiger partial charge in [-0.1, -0.05) is 6.07 Å². The molecule has 0 aliphatic rings. The summed E-state index contributed by atoms with van der Waals surface area (Å²) < 4.78 is 39.2.